The number of halogens is 1. The van der Waals surface area contributed by atoms with E-state index in [-0.39, 0.29) is 0 Å². The van der Waals surface area contributed by atoms with Crippen LogP contribution in [-0.2, 0) is 12.0 Å². The first-order chi connectivity index (χ1) is 15.8. The number of aromatic nitrogens is 1. The molecular formula is C29H39ClN2O. The molecule has 1 saturated heterocycles. The van der Waals surface area contributed by atoms with Crippen LogP contribution in [0.3, 0.4) is 0 Å². The fourth-order valence-corrected chi connectivity index (χ4v) is 4.25. The first-order valence-electron chi connectivity index (χ1n) is 11.9. The molecule has 2 heterocycles. The third-order valence-corrected chi connectivity index (χ3v) is 6.57. The van der Waals surface area contributed by atoms with Gasteiger partial charge in [0.2, 0.25) is 0 Å². The smallest absolute Gasteiger partial charge is 0.105 e. The summed E-state index contributed by atoms with van der Waals surface area (Å²) in [5.41, 5.74) is 3.73. The zero-order valence-electron chi connectivity index (χ0n) is 20.5. The van der Waals surface area contributed by atoms with Crippen molar-refractivity contribution in [3.8, 4) is 0 Å². The predicted molar refractivity (Wildman–Crippen MR) is 141 cm³/mol. The molecule has 0 aliphatic carbocycles. The highest BCUT2D eigenvalue weighted by Crippen LogP contribution is 2.28. The Bertz CT molecular complexity index is 934. The molecular weight excluding hydrogens is 428 g/mol. The second kappa shape index (κ2) is 13.5. The number of nitrogens with one attached hydrogen (secondary N) is 1. The molecule has 2 N–H and O–H groups in total. The van der Waals surface area contributed by atoms with Gasteiger partial charge in [-0.25, -0.2) is 0 Å². The molecule has 4 heteroatoms. The van der Waals surface area contributed by atoms with Crippen molar-refractivity contribution >= 4 is 11.6 Å². The molecule has 0 amide bonds. The standard InChI is InChI=1S/C16H19Cl.C13H20N2O/c1-4-6-10-15(16(17)5-2)12-14-11-8-7-9-13(14)3;1-10-6-7-11(15-10)9-13(2,16)12-5-3-4-8-14-12/h4,6-11H,1,5,12H2,2-3H3;3-5,8,10-11,15-16H,6-7,9H2,1-2H3/b10-6-,16-15-;. The minimum atomic E-state index is -0.830. The Morgan fingerprint density at radius 2 is 1.97 bits per heavy atom. The quantitative estimate of drug-likeness (QED) is 0.411. The molecule has 33 heavy (non-hydrogen) atoms. The number of benzene rings is 1. The molecule has 1 fully saturated rings. The van der Waals surface area contributed by atoms with E-state index in [1.165, 1.54) is 23.1 Å². The first-order valence-corrected chi connectivity index (χ1v) is 12.3. The van der Waals surface area contributed by atoms with Gasteiger partial charge in [-0.3, -0.25) is 4.98 Å². The molecule has 1 aliphatic heterocycles. The van der Waals surface area contributed by atoms with Crippen molar-refractivity contribution in [2.45, 2.75) is 77.5 Å². The molecule has 3 atom stereocenters. The molecule has 0 saturated carbocycles. The molecule has 3 unspecified atom stereocenters. The van der Waals surface area contributed by atoms with Gasteiger partial charge < -0.3 is 10.4 Å². The minimum Gasteiger partial charge on any atom is -0.384 e. The van der Waals surface area contributed by atoms with Crippen molar-refractivity contribution in [2.75, 3.05) is 0 Å². The number of hydrogen-bond donors (Lipinski definition) is 2. The van der Waals surface area contributed by atoms with Crippen LogP contribution in [-0.4, -0.2) is 22.2 Å². The van der Waals surface area contributed by atoms with E-state index in [1.807, 2.05) is 37.3 Å². The molecule has 1 aliphatic rings. The normalized spacial score (nSPS) is 20.5. The molecule has 1 aromatic carbocycles. The number of aryl methyl sites for hydroxylation is 1. The average Bonchev–Trinajstić information content (AvgIpc) is 3.22. The van der Waals surface area contributed by atoms with Crippen LogP contribution in [0.2, 0.25) is 0 Å². The highest BCUT2D eigenvalue weighted by molar-refractivity contribution is 6.30. The summed E-state index contributed by atoms with van der Waals surface area (Å²) < 4.78 is 0. The SMILES string of the molecule is C=C/C=C\C(Cc1ccccc1C)=C(\Cl)CC.CC1CCC(CC(C)(O)c2ccccn2)N1. The van der Waals surface area contributed by atoms with E-state index >= 15 is 0 Å². The van der Waals surface area contributed by atoms with Crippen LogP contribution < -0.4 is 5.32 Å². The van der Waals surface area contributed by atoms with E-state index < -0.39 is 5.60 Å². The van der Waals surface area contributed by atoms with Crippen LogP contribution >= 0.6 is 11.6 Å². The van der Waals surface area contributed by atoms with E-state index in [4.69, 9.17) is 11.6 Å². The van der Waals surface area contributed by atoms with Crippen molar-refractivity contribution in [1.82, 2.24) is 10.3 Å². The lowest BCUT2D eigenvalue weighted by atomic mass is 9.92. The van der Waals surface area contributed by atoms with Gasteiger partial charge in [0.25, 0.3) is 0 Å². The number of rotatable bonds is 8. The molecule has 3 rings (SSSR count). The average molecular weight is 467 g/mol. The van der Waals surface area contributed by atoms with E-state index in [0.717, 1.165) is 36.4 Å². The lowest BCUT2D eigenvalue weighted by Crippen LogP contribution is -2.35. The first kappa shape index (κ1) is 27.0. The Hall–Kier alpha value is -2.20. The largest absolute Gasteiger partial charge is 0.384 e. The van der Waals surface area contributed by atoms with Crippen LogP contribution in [0.5, 0.6) is 0 Å². The summed E-state index contributed by atoms with van der Waals surface area (Å²) >= 11 is 6.26. The van der Waals surface area contributed by atoms with E-state index in [0.29, 0.717) is 12.1 Å². The van der Waals surface area contributed by atoms with Gasteiger partial charge in [-0.15, -0.1) is 0 Å². The number of aliphatic hydroxyl groups is 1. The van der Waals surface area contributed by atoms with E-state index in [9.17, 15) is 5.11 Å². The lowest BCUT2D eigenvalue weighted by molar-refractivity contribution is 0.0338. The van der Waals surface area contributed by atoms with Crippen molar-refractivity contribution in [1.29, 1.82) is 0 Å². The molecule has 1 aromatic heterocycles. The zero-order valence-corrected chi connectivity index (χ0v) is 21.3. The van der Waals surface area contributed by atoms with Gasteiger partial charge in [-0.05, 0) is 81.7 Å². The van der Waals surface area contributed by atoms with Crippen LogP contribution in [0.25, 0.3) is 0 Å². The maximum atomic E-state index is 10.4. The number of allylic oxidation sites excluding steroid dienone is 5. The maximum absolute atomic E-state index is 10.4. The maximum Gasteiger partial charge on any atom is 0.105 e. The molecule has 0 bridgehead atoms. The van der Waals surface area contributed by atoms with Crippen molar-refractivity contribution in [3.05, 3.63) is 101 Å². The van der Waals surface area contributed by atoms with Gasteiger partial charge >= 0.3 is 0 Å². The summed E-state index contributed by atoms with van der Waals surface area (Å²) in [5, 5.41) is 14.8. The Kier molecular flexibility index (Phi) is 11.1. The second-order valence-corrected chi connectivity index (χ2v) is 9.47. The molecule has 2 aromatic rings. The Labute approximate surface area is 205 Å². The highest BCUT2D eigenvalue weighted by Gasteiger charge is 2.31. The van der Waals surface area contributed by atoms with Gasteiger partial charge in [-0.1, -0.05) is 73.7 Å². The summed E-state index contributed by atoms with van der Waals surface area (Å²) in [4.78, 5) is 4.23. The zero-order chi connectivity index (χ0) is 24.3. The predicted octanol–water partition coefficient (Wildman–Crippen LogP) is 7.00. The van der Waals surface area contributed by atoms with Crippen LogP contribution in [0.4, 0.5) is 0 Å². The molecule has 0 spiro atoms. The summed E-state index contributed by atoms with van der Waals surface area (Å²) in [6, 6.07) is 15.1. The summed E-state index contributed by atoms with van der Waals surface area (Å²) in [7, 11) is 0. The molecule has 178 valence electrons. The Morgan fingerprint density at radius 3 is 2.55 bits per heavy atom. The van der Waals surface area contributed by atoms with E-state index in [2.05, 4.69) is 61.9 Å². The highest BCUT2D eigenvalue weighted by atomic mass is 35.5. The topological polar surface area (TPSA) is 45.2 Å². The van der Waals surface area contributed by atoms with Gasteiger partial charge in [0.05, 0.1) is 5.69 Å². The molecule has 3 nitrogen and oxygen atoms in total. The van der Waals surface area contributed by atoms with Crippen LogP contribution in [0, 0.1) is 6.92 Å². The van der Waals surface area contributed by atoms with E-state index in [1.54, 1.807) is 12.3 Å². The van der Waals surface area contributed by atoms with Gasteiger partial charge in [0.1, 0.15) is 5.60 Å². The number of nitrogens with zero attached hydrogens (tertiary/aromatic N) is 1. The Morgan fingerprint density at radius 1 is 1.24 bits per heavy atom. The van der Waals surface area contributed by atoms with Gasteiger partial charge in [-0.2, -0.15) is 0 Å². The summed E-state index contributed by atoms with van der Waals surface area (Å²) in [5.74, 6) is 0. The summed E-state index contributed by atoms with van der Waals surface area (Å²) in [6.07, 6.45) is 12.3. The van der Waals surface area contributed by atoms with Crippen molar-refractivity contribution < 1.29 is 5.11 Å². The lowest BCUT2D eigenvalue weighted by Gasteiger charge is -2.26. The third kappa shape index (κ3) is 8.92. The second-order valence-electron chi connectivity index (χ2n) is 9.02. The minimum absolute atomic E-state index is 0.409. The number of pyridine rings is 1. The monoisotopic (exact) mass is 466 g/mol. The van der Waals surface area contributed by atoms with Crippen LogP contribution in [0.15, 0.2) is 84.1 Å². The fourth-order valence-electron chi connectivity index (χ4n) is 4.12. The van der Waals surface area contributed by atoms with Gasteiger partial charge in [0, 0.05) is 23.3 Å². The van der Waals surface area contributed by atoms with Crippen LogP contribution in [0.1, 0.15) is 63.3 Å². The van der Waals surface area contributed by atoms with Gasteiger partial charge in [0.15, 0.2) is 0 Å². The fraction of sp³-hybridized carbons (Fsp3) is 0.414. The number of hydrogen-bond acceptors (Lipinski definition) is 3. The third-order valence-electron chi connectivity index (χ3n) is 6.06. The molecule has 0 radical (unpaired) electrons. The Balaban J connectivity index is 0.000000234. The van der Waals surface area contributed by atoms with Crippen molar-refractivity contribution in [2.24, 2.45) is 0 Å². The summed E-state index contributed by atoms with van der Waals surface area (Å²) in [6.45, 7) is 11.9. The van der Waals surface area contributed by atoms with Crippen molar-refractivity contribution in [3.63, 3.8) is 0 Å².